The van der Waals surface area contributed by atoms with Crippen molar-refractivity contribution in [1.29, 1.82) is 0 Å². The highest BCUT2D eigenvalue weighted by Gasteiger charge is 2.19. The Morgan fingerprint density at radius 2 is 2.10 bits per heavy atom. The Kier molecular flexibility index (Phi) is 4.40. The molecule has 0 unspecified atom stereocenters. The van der Waals surface area contributed by atoms with Gasteiger partial charge in [0.15, 0.2) is 0 Å². The van der Waals surface area contributed by atoms with Crippen LogP contribution in [0.2, 0.25) is 0 Å². The lowest BCUT2D eigenvalue weighted by atomic mass is 10.2. The summed E-state index contributed by atoms with van der Waals surface area (Å²) in [6.45, 7) is 4.57. The van der Waals surface area contributed by atoms with Crippen LogP contribution in [0.15, 0.2) is 36.5 Å². The van der Waals surface area contributed by atoms with E-state index >= 15 is 0 Å². The number of nitrogens with zero attached hydrogens (tertiary/aromatic N) is 3. The van der Waals surface area contributed by atoms with Gasteiger partial charge >= 0.3 is 0 Å². The van der Waals surface area contributed by atoms with Crippen LogP contribution in [-0.4, -0.2) is 27.3 Å². The topological polar surface area (TPSA) is 46.1 Å². The Bertz CT molecular complexity index is 616. The minimum atomic E-state index is -0.742. The number of aryl methyl sites for hydroxylation is 1. The van der Waals surface area contributed by atoms with Crippen molar-refractivity contribution in [2.45, 2.75) is 20.4 Å². The van der Waals surface area contributed by atoms with E-state index in [2.05, 4.69) is 9.97 Å². The Morgan fingerprint density at radius 1 is 1.30 bits per heavy atom. The molecule has 2 aromatic rings. The summed E-state index contributed by atoms with van der Waals surface area (Å²) < 4.78 is 13.6. The summed E-state index contributed by atoms with van der Waals surface area (Å²) in [5.74, 6) is -1.12. The molecule has 0 spiro atoms. The standard InChI is InChI=1S/C15H16FN3O/c1-3-19(10-12-7-4-6-11(2)18-12)15(20)13-8-5-9-17-14(13)16/h4-9H,3,10H2,1-2H3. The molecule has 0 aliphatic carbocycles. The first-order valence-electron chi connectivity index (χ1n) is 6.44. The maximum Gasteiger partial charge on any atom is 0.258 e. The number of carbonyl (C=O) groups excluding carboxylic acids is 1. The van der Waals surface area contributed by atoms with E-state index in [1.54, 1.807) is 11.0 Å². The Hall–Kier alpha value is -2.30. The van der Waals surface area contributed by atoms with Gasteiger partial charge in [0.05, 0.1) is 17.8 Å². The lowest BCUT2D eigenvalue weighted by Gasteiger charge is -2.20. The summed E-state index contributed by atoms with van der Waals surface area (Å²) in [5.41, 5.74) is 1.66. The maximum atomic E-state index is 13.6. The number of aromatic nitrogens is 2. The van der Waals surface area contributed by atoms with E-state index in [0.29, 0.717) is 13.1 Å². The van der Waals surface area contributed by atoms with E-state index < -0.39 is 5.95 Å². The number of rotatable bonds is 4. The maximum absolute atomic E-state index is 13.6. The first-order chi connectivity index (χ1) is 9.61. The van der Waals surface area contributed by atoms with Gasteiger partial charge in [-0.3, -0.25) is 9.78 Å². The van der Waals surface area contributed by atoms with Crippen LogP contribution in [0, 0.1) is 12.9 Å². The SMILES string of the molecule is CCN(Cc1cccc(C)n1)C(=O)c1cccnc1F. The highest BCUT2D eigenvalue weighted by molar-refractivity contribution is 5.94. The monoisotopic (exact) mass is 273 g/mol. The van der Waals surface area contributed by atoms with Crippen molar-refractivity contribution < 1.29 is 9.18 Å². The fourth-order valence-corrected chi connectivity index (χ4v) is 1.93. The molecule has 2 rings (SSSR count). The molecule has 2 aromatic heterocycles. The zero-order valence-electron chi connectivity index (χ0n) is 11.5. The average molecular weight is 273 g/mol. The van der Waals surface area contributed by atoms with Gasteiger partial charge in [-0.15, -0.1) is 0 Å². The summed E-state index contributed by atoms with van der Waals surface area (Å²) in [7, 11) is 0. The van der Waals surface area contributed by atoms with Crippen LogP contribution in [0.5, 0.6) is 0 Å². The first kappa shape index (κ1) is 14.1. The number of carbonyl (C=O) groups is 1. The number of amides is 1. The van der Waals surface area contributed by atoms with Gasteiger partial charge in [-0.05, 0) is 38.1 Å². The third-order valence-electron chi connectivity index (χ3n) is 2.96. The van der Waals surface area contributed by atoms with E-state index in [1.807, 2.05) is 32.0 Å². The van der Waals surface area contributed by atoms with Gasteiger partial charge in [0.1, 0.15) is 0 Å². The van der Waals surface area contributed by atoms with Gasteiger partial charge < -0.3 is 4.90 Å². The molecule has 1 amide bonds. The third-order valence-corrected chi connectivity index (χ3v) is 2.96. The molecule has 0 atom stereocenters. The summed E-state index contributed by atoms with van der Waals surface area (Å²) in [5, 5.41) is 0. The molecule has 2 heterocycles. The number of hydrogen-bond acceptors (Lipinski definition) is 3. The minimum Gasteiger partial charge on any atom is -0.333 e. The molecule has 0 bridgehead atoms. The zero-order valence-corrected chi connectivity index (χ0v) is 11.5. The van der Waals surface area contributed by atoms with Crippen molar-refractivity contribution in [3.63, 3.8) is 0 Å². The van der Waals surface area contributed by atoms with Crippen LogP contribution in [0.25, 0.3) is 0 Å². The summed E-state index contributed by atoms with van der Waals surface area (Å²) in [6, 6.07) is 8.62. The normalized spacial score (nSPS) is 10.3. The highest BCUT2D eigenvalue weighted by atomic mass is 19.1. The van der Waals surface area contributed by atoms with Crippen molar-refractivity contribution in [3.8, 4) is 0 Å². The van der Waals surface area contributed by atoms with Crippen LogP contribution >= 0.6 is 0 Å². The molecule has 104 valence electrons. The zero-order chi connectivity index (χ0) is 14.5. The van der Waals surface area contributed by atoms with Gasteiger partial charge in [-0.2, -0.15) is 4.39 Å². The van der Waals surface area contributed by atoms with Crippen molar-refractivity contribution in [1.82, 2.24) is 14.9 Å². The van der Waals surface area contributed by atoms with Crippen LogP contribution < -0.4 is 0 Å². The van der Waals surface area contributed by atoms with Crippen molar-refractivity contribution in [2.24, 2.45) is 0 Å². The second kappa shape index (κ2) is 6.23. The van der Waals surface area contributed by atoms with Gasteiger partial charge in [0, 0.05) is 18.4 Å². The molecular formula is C15H16FN3O. The smallest absolute Gasteiger partial charge is 0.258 e. The predicted molar refractivity (Wildman–Crippen MR) is 73.6 cm³/mol. The van der Waals surface area contributed by atoms with Crippen LogP contribution in [0.4, 0.5) is 4.39 Å². The minimum absolute atomic E-state index is 0.0120. The van der Waals surface area contributed by atoms with Crippen molar-refractivity contribution in [2.75, 3.05) is 6.54 Å². The van der Waals surface area contributed by atoms with Gasteiger partial charge in [0.2, 0.25) is 5.95 Å². The predicted octanol–water partition coefficient (Wildman–Crippen LogP) is 2.59. The van der Waals surface area contributed by atoms with E-state index in [0.717, 1.165) is 11.4 Å². The van der Waals surface area contributed by atoms with Gasteiger partial charge in [-0.25, -0.2) is 4.98 Å². The molecule has 0 aliphatic heterocycles. The van der Waals surface area contributed by atoms with E-state index in [-0.39, 0.29) is 11.5 Å². The molecule has 5 heteroatoms. The number of halogens is 1. The molecule has 0 saturated heterocycles. The molecule has 0 saturated carbocycles. The number of hydrogen-bond donors (Lipinski definition) is 0. The Balaban J connectivity index is 2.20. The molecule has 0 radical (unpaired) electrons. The largest absolute Gasteiger partial charge is 0.333 e. The quantitative estimate of drug-likeness (QED) is 0.804. The van der Waals surface area contributed by atoms with Crippen LogP contribution in [0.3, 0.4) is 0 Å². The molecule has 20 heavy (non-hydrogen) atoms. The average Bonchev–Trinajstić information content (AvgIpc) is 2.44. The fourth-order valence-electron chi connectivity index (χ4n) is 1.93. The van der Waals surface area contributed by atoms with Crippen molar-refractivity contribution >= 4 is 5.91 Å². The van der Waals surface area contributed by atoms with E-state index in [9.17, 15) is 9.18 Å². The fraction of sp³-hybridized carbons (Fsp3) is 0.267. The molecule has 4 nitrogen and oxygen atoms in total. The second-order valence-electron chi connectivity index (χ2n) is 4.43. The summed E-state index contributed by atoms with van der Waals surface area (Å²) in [4.78, 5) is 21.7. The Labute approximate surface area is 117 Å². The lowest BCUT2D eigenvalue weighted by molar-refractivity contribution is 0.0744. The highest BCUT2D eigenvalue weighted by Crippen LogP contribution is 2.11. The summed E-state index contributed by atoms with van der Waals surface area (Å²) in [6.07, 6.45) is 1.32. The molecule has 0 N–H and O–H groups in total. The van der Waals surface area contributed by atoms with Gasteiger partial charge in [0.25, 0.3) is 5.91 Å². The first-order valence-corrected chi connectivity index (χ1v) is 6.44. The summed E-state index contributed by atoms with van der Waals surface area (Å²) >= 11 is 0. The molecule has 0 aliphatic rings. The van der Waals surface area contributed by atoms with Gasteiger partial charge in [-0.1, -0.05) is 6.07 Å². The lowest BCUT2D eigenvalue weighted by Crippen LogP contribution is -2.31. The molecule has 0 aromatic carbocycles. The Morgan fingerprint density at radius 3 is 2.75 bits per heavy atom. The number of pyridine rings is 2. The second-order valence-corrected chi connectivity index (χ2v) is 4.43. The van der Waals surface area contributed by atoms with E-state index in [1.165, 1.54) is 12.3 Å². The van der Waals surface area contributed by atoms with Crippen molar-refractivity contribution in [3.05, 3.63) is 59.4 Å². The molecule has 0 fully saturated rings. The van der Waals surface area contributed by atoms with E-state index in [4.69, 9.17) is 0 Å². The third kappa shape index (κ3) is 3.17. The van der Waals surface area contributed by atoms with Crippen LogP contribution in [-0.2, 0) is 6.54 Å². The molecular weight excluding hydrogens is 257 g/mol. The van der Waals surface area contributed by atoms with Crippen LogP contribution in [0.1, 0.15) is 28.7 Å².